The van der Waals surface area contributed by atoms with Gasteiger partial charge in [-0.3, -0.25) is 0 Å². The van der Waals surface area contributed by atoms with Crippen molar-refractivity contribution in [2.45, 2.75) is 0 Å². The zero-order valence-corrected chi connectivity index (χ0v) is 34.6. The molecule has 0 fully saturated rings. The standard InChI is InChI=1S/C62H41N/c1-3-14-48-38-51(23-20-42(48)10-1)52-31-37-61(54-24-21-43-11-2-4-15-49(43)39-54)62(41-52)63(56-34-28-47(29-35-56)59-19-9-16-45-12-5-7-17-57(45)59)55-32-26-44(27-33-55)50-30-36-60-53(40-50)25-22-46-13-6-8-18-58(46)60/h1-41H. The quantitative estimate of drug-likeness (QED) is 0.145. The molecule has 0 amide bonds. The highest BCUT2D eigenvalue weighted by Gasteiger charge is 2.20. The fourth-order valence-corrected chi connectivity index (χ4v) is 9.56. The van der Waals surface area contributed by atoms with Crippen molar-refractivity contribution < 1.29 is 0 Å². The Balaban J connectivity index is 1.04. The minimum Gasteiger partial charge on any atom is -0.310 e. The molecule has 12 rings (SSSR count). The molecule has 0 aliphatic rings. The van der Waals surface area contributed by atoms with Crippen molar-refractivity contribution in [2.75, 3.05) is 4.90 Å². The van der Waals surface area contributed by atoms with Crippen LogP contribution in [0.4, 0.5) is 17.1 Å². The molecule has 0 aliphatic carbocycles. The molecule has 0 spiro atoms. The van der Waals surface area contributed by atoms with Gasteiger partial charge in [0.1, 0.15) is 0 Å². The highest BCUT2D eigenvalue weighted by atomic mass is 15.1. The number of anilines is 3. The van der Waals surface area contributed by atoms with Crippen LogP contribution in [0.5, 0.6) is 0 Å². The molecule has 294 valence electrons. The molecule has 0 aromatic heterocycles. The highest BCUT2D eigenvalue weighted by molar-refractivity contribution is 6.08. The maximum atomic E-state index is 2.44. The summed E-state index contributed by atoms with van der Waals surface area (Å²) in [5, 5.41) is 12.5. The van der Waals surface area contributed by atoms with Gasteiger partial charge < -0.3 is 4.90 Å². The third kappa shape index (κ3) is 6.68. The number of rotatable bonds is 7. The fraction of sp³-hybridized carbons (Fsp3) is 0. The SMILES string of the molecule is c1ccc2cc(-c3ccc(-c4ccc5ccccc5c4)c(N(c4ccc(-c5ccc6c(ccc7ccccc76)c5)cc4)c4ccc(-c5cccc6ccccc56)cc4)c3)ccc2c1. The Kier molecular flexibility index (Phi) is 8.90. The molecule has 0 radical (unpaired) electrons. The van der Waals surface area contributed by atoms with Gasteiger partial charge in [0.2, 0.25) is 0 Å². The zero-order valence-electron chi connectivity index (χ0n) is 34.6. The van der Waals surface area contributed by atoms with Gasteiger partial charge in [0.15, 0.2) is 0 Å². The molecule has 1 heteroatoms. The van der Waals surface area contributed by atoms with Gasteiger partial charge in [-0.25, -0.2) is 0 Å². The topological polar surface area (TPSA) is 3.24 Å². The largest absolute Gasteiger partial charge is 0.310 e. The van der Waals surface area contributed by atoms with Gasteiger partial charge in [0, 0.05) is 16.9 Å². The van der Waals surface area contributed by atoms with Crippen molar-refractivity contribution in [3.05, 3.63) is 249 Å². The summed E-state index contributed by atoms with van der Waals surface area (Å²) in [4.78, 5) is 2.44. The first kappa shape index (κ1) is 36.6. The lowest BCUT2D eigenvalue weighted by Gasteiger charge is -2.29. The van der Waals surface area contributed by atoms with Crippen molar-refractivity contribution in [3.8, 4) is 44.5 Å². The molecule has 12 aromatic rings. The molecule has 0 heterocycles. The van der Waals surface area contributed by atoms with Crippen LogP contribution in [-0.2, 0) is 0 Å². The summed E-state index contributed by atoms with van der Waals surface area (Å²) in [5.74, 6) is 0. The lowest BCUT2D eigenvalue weighted by Crippen LogP contribution is -2.11. The Hall–Kier alpha value is -8.26. The summed E-state index contributed by atoms with van der Waals surface area (Å²) in [6, 6.07) is 91.3. The maximum absolute atomic E-state index is 2.44. The van der Waals surface area contributed by atoms with Crippen LogP contribution in [0.1, 0.15) is 0 Å². The first-order valence-corrected chi connectivity index (χ1v) is 21.7. The molecule has 12 aromatic carbocycles. The molecular formula is C62H41N. The molecule has 0 unspecified atom stereocenters. The van der Waals surface area contributed by atoms with Crippen LogP contribution < -0.4 is 4.90 Å². The van der Waals surface area contributed by atoms with Crippen LogP contribution in [0, 0.1) is 0 Å². The van der Waals surface area contributed by atoms with Gasteiger partial charge in [-0.1, -0.05) is 200 Å². The van der Waals surface area contributed by atoms with Gasteiger partial charge in [-0.15, -0.1) is 0 Å². The van der Waals surface area contributed by atoms with E-state index in [4.69, 9.17) is 0 Å². The molecule has 0 aliphatic heterocycles. The summed E-state index contributed by atoms with van der Waals surface area (Å²) < 4.78 is 0. The average Bonchev–Trinajstić information content (AvgIpc) is 3.36. The predicted molar refractivity (Wildman–Crippen MR) is 270 cm³/mol. The van der Waals surface area contributed by atoms with Gasteiger partial charge >= 0.3 is 0 Å². The normalized spacial score (nSPS) is 11.5. The second-order valence-electron chi connectivity index (χ2n) is 16.5. The molecule has 0 bridgehead atoms. The van der Waals surface area contributed by atoms with Crippen LogP contribution in [0.3, 0.4) is 0 Å². The van der Waals surface area contributed by atoms with Gasteiger partial charge in [0.05, 0.1) is 5.69 Å². The third-order valence-electron chi connectivity index (χ3n) is 12.8. The maximum Gasteiger partial charge on any atom is 0.0546 e. The Morgan fingerprint density at radius 3 is 1.35 bits per heavy atom. The van der Waals surface area contributed by atoms with E-state index in [2.05, 4.69) is 254 Å². The minimum absolute atomic E-state index is 1.08. The van der Waals surface area contributed by atoms with Gasteiger partial charge in [-0.05, 0) is 141 Å². The first-order valence-electron chi connectivity index (χ1n) is 21.7. The smallest absolute Gasteiger partial charge is 0.0546 e. The van der Waals surface area contributed by atoms with Crippen molar-refractivity contribution in [1.29, 1.82) is 0 Å². The van der Waals surface area contributed by atoms with Crippen LogP contribution in [-0.4, -0.2) is 0 Å². The lowest BCUT2D eigenvalue weighted by atomic mass is 9.94. The molecule has 0 atom stereocenters. The average molecular weight is 800 g/mol. The van der Waals surface area contributed by atoms with Crippen molar-refractivity contribution >= 4 is 70.9 Å². The number of hydrogen-bond donors (Lipinski definition) is 0. The Labute approximate surface area is 367 Å². The van der Waals surface area contributed by atoms with E-state index in [1.54, 1.807) is 0 Å². The van der Waals surface area contributed by atoms with Crippen molar-refractivity contribution in [1.82, 2.24) is 0 Å². The number of benzene rings is 12. The van der Waals surface area contributed by atoms with E-state index in [-0.39, 0.29) is 0 Å². The van der Waals surface area contributed by atoms with E-state index in [0.29, 0.717) is 0 Å². The number of hydrogen-bond acceptors (Lipinski definition) is 1. The summed E-state index contributed by atoms with van der Waals surface area (Å²) >= 11 is 0. The highest BCUT2D eigenvalue weighted by Crippen LogP contribution is 2.45. The van der Waals surface area contributed by atoms with Gasteiger partial charge in [-0.2, -0.15) is 0 Å². The molecule has 0 saturated heterocycles. The van der Waals surface area contributed by atoms with Crippen LogP contribution in [0.15, 0.2) is 249 Å². The second kappa shape index (κ2) is 15.3. The van der Waals surface area contributed by atoms with E-state index in [1.807, 2.05) is 0 Å². The van der Waals surface area contributed by atoms with E-state index >= 15 is 0 Å². The van der Waals surface area contributed by atoms with Crippen LogP contribution >= 0.6 is 0 Å². The monoisotopic (exact) mass is 799 g/mol. The Bertz CT molecular complexity index is 3670. The third-order valence-corrected chi connectivity index (χ3v) is 12.8. The number of nitrogens with zero attached hydrogens (tertiary/aromatic N) is 1. The Morgan fingerprint density at radius 1 is 0.206 bits per heavy atom. The van der Waals surface area contributed by atoms with Crippen LogP contribution in [0.25, 0.3) is 98.4 Å². The summed E-state index contributed by atoms with van der Waals surface area (Å²) in [6.45, 7) is 0. The van der Waals surface area contributed by atoms with Gasteiger partial charge in [0.25, 0.3) is 0 Å². The molecule has 0 N–H and O–H groups in total. The van der Waals surface area contributed by atoms with E-state index in [1.165, 1.54) is 87.2 Å². The fourth-order valence-electron chi connectivity index (χ4n) is 9.56. The lowest BCUT2D eigenvalue weighted by molar-refractivity contribution is 1.28. The molecular weight excluding hydrogens is 759 g/mol. The van der Waals surface area contributed by atoms with Crippen molar-refractivity contribution in [2.24, 2.45) is 0 Å². The summed E-state index contributed by atoms with van der Waals surface area (Å²) in [7, 11) is 0. The first-order chi connectivity index (χ1) is 31.2. The van der Waals surface area contributed by atoms with E-state index in [0.717, 1.165) is 28.2 Å². The summed E-state index contributed by atoms with van der Waals surface area (Å²) in [5.41, 5.74) is 12.8. The number of fused-ring (bicyclic) bond motifs is 6. The second-order valence-corrected chi connectivity index (χ2v) is 16.5. The Morgan fingerprint density at radius 2 is 0.635 bits per heavy atom. The predicted octanol–water partition coefficient (Wildman–Crippen LogP) is 17.6. The van der Waals surface area contributed by atoms with Crippen LogP contribution in [0.2, 0.25) is 0 Å². The zero-order chi connectivity index (χ0) is 41.7. The van der Waals surface area contributed by atoms with E-state index < -0.39 is 0 Å². The minimum atomic E-state index is 1.08. The summed E-state index contributed by atoms with van der Waals surface area (Å²) in [6.07, 6.45) is 0. The molecule has 0 saturated carbocycles. The van der Waals surface area contributed by atoms with Crippen molar-refractivity contribution in [3.63, 3.8) is 0 Å². The van der Waals surface area contributed by atoms with E-state index in [9.17, 15) is 0 Å². The molecule has 1 nitrogen and oxygen atoms in total. The molecule has 63 heavy (non-hydrogen) atoms.